The molecule has 2 aromatic heterocycles. The summed E-state index contributed by atoms with van der Waals surface area (Å²) in [7, 11) is 1.79. The lowest BCUT2D eigenvalue weighted by molar-refractivity contribution is -0.135. The van der Waals surface area contributed by atoms with E-state index in [2.05, 4.69) is 0 Å². The van der Waals surface area contributed by atoms with Gasteiger partial charge in [-0.2, -0.15) is 11.3 Å². The topological polar surface area (TPSA) is 53.8 Å². The number of carbonyl (C=O) groups excluding carboxylic acids is 2. The summed E-state index contributed by atoms with van der Waals surface area (Å²) in [5.41, 5.74) is 1.12. The van der Waals surface area contributed by atoms with Crippen LogP contribution in [0.25, 0.3) is 0 Å². The second-order valence-electron chi connectivity index (χ2n) is 5.58. The first kappa shape index (κ1) is 14.8. The summed E-state index contributed by atoms with van der Waals surface area (Å²) >= 11 is 1.62. The van der Waals surface area contributed by atoms with Crippen LogP contribution in [0.15, 0.2) is 39.6 Å². The fourth-order valence-electron chi connectivity index (χ4n) is 2.73. The molecule has 0 bridgehead atoms. The third-order valence-corrected chi connectivity index (χ3v) is 4.60. The Kier molecular flexibility index (Phi) is 4.29. The predicted octanol–water partition coefficient (Wildman–Crippen LogP) is 2.35. The lowest BCUT2D eigenvalue weighted by Crippen LogP contribution is -2.34. The number of carbonyl (C=O) groups is 2. The number of thiophene rings is 1. The number of furan rings is 1. The number of nitrogens with zero attached hydrogens (tertiary/aromatic N) is 2. The minimum Gasteiger partial charge on any atom is -0.467 e. The highest BCUT2D eigenvalue weighted by Gasteiger charge is 2.35. The summed E-state index contributed by atoms with van der Waals surface area (Å²) in [5, 5.41) is 4.03. The van der Waals surface area contributed by atoms with Crippen LogP contribution in [-0.2, 0) is 22.7 Å². The van der Waals surface area contributed by atoms with Crippen LogP contribution >= 0.6 is 11.3 Å². The van der Waals surface area contributed by atoms with Crippen molar-refractivity contribution in [3.63, 3.8) is 0 Å². The Hall–Kier alpha value is -2.08. The first-order valence-corrected chi connectivity index (χ1v) is 8.14. The maximum Gasteiger partial charge on any atom is 0.228 e. The van der Waals surface area contributed by atoms with Crippen LogP contribution in [0.3, 0.4) is 0 Å². The molecule has 1 aliphatic rings. The van der Waals surface area contributed by atoms with Crippen molar-refractivity contribution in [2.24, 2.45) is 5.92 Å². The van der Waals surface area contributed by atoms with Gasteiger partial charge in [-0.15, -0.1) is 0 Å². The first-order valence-electron chi connectivity index (χ1n) is 7.19. The number of hydrogen-bond donors (Lipinski definition) is 0. The largest absolute Gasteiger partial charge is 0.467 e. The van der Waals surface area contributed by atoms with Crippen molar-refractivity contribution < 1.29 is 14.0 Å². The summed E-state index contributed by atoms with van der Waals surface area (Å²) in [6, 6.07) is 5.65. The Morgan fingerprint density at radius 3 is 3.05 bits per heavy atom. The molecule has 3 rings (SSSR count). The molecule has 2 aromatic rings. The van der Waals surface area contributed by atoms with Crippen molar-refractivity contribution in [2.75, 3.05) is 13.6 Å². The highest BCUT2D eigenvalue weighted by molar-refractivity contribution is 7.07. The molecule has 0 aromatic carbocycles. The van der Waals surface area contributed by atoms with Crippen molar-refractivity contribution in [1.29, 1.82) is 0 Å². The van der Waals surface area contributed by atoms with Gasteiger partial charge >= 0.3 is 0 Å². The molecule has 0 N–H and O–H groups in total. The van der Waals surface area contributed by atoms with E-state index in [9.17, 15) is 9.59 Å². The average Bonchev–Trinajstić information content (AvgIpc) is 3.22. The molecule has 2 amide bonds. The molecule has 3 heterocycles. The minimum absolute atomic E-state index is 0.0127. The monoisotopic (exact) mass is 318 g/mol. The summed E-state index contributed by atoms with van der Waals surface area (Å²) in [6.45, 7) is 1.49. The third kappa shape index (κ3) is 3.22. The zero-order valence-corrected chi connectivity index (χ0v) is 13.2. The maximum atomic E-state index is 12.5. The summed E-state index contributed by atoms with van der Waals surface area (Å²) in [6.07, 6.45) is 1.88. The summed E-state index contributed by atoms with van der Waals surface area (Å²) < 4.78 is 5.27. The molecule has 6 heteroatoms. The highest BCUT2D eigenvalue weighted by atomic mass is 32.1. The van der Waals surface area contributed by atoms with Crippen molar-refractivity contribution in [1.82, 2.24) is 9.80 Å². The Labute approximate surface area is 133 Å². The van der Waals surface area contributed by atoms with Crippen LogP contribution in [0.4, 0.5) is 0 Å². The first-order chi connectivity index (χ1) is 10.6. The van der Waals surface area contributed by atoms with Gasteiger partial charge in [0.15, 0.2) is 0 Å². The standard InChI is InChI=1S/C16H18N2O3S/c1-17(8-12-4-6-22-11-12)16(20)13-7-15(19)18(9-13)10-14-3-2-5-21-14/h2-6,11,13H,7-10H2,1H3/t13-/m0/s1. The fraction of sp³-hybridized carbons (Fsp3) is 0.375. The minimum atomic E-state index is -0.258. The van der Waals surface area contributed by atoms with Gasteiger partial charge in [-0.05, 0) is 34.5 Å². The number of likely N-dealkylation sites (tertiary alicyclic amines) is 1. The normalized spacial score (nSPS) is 18.0. The van der Waals surface area contributed by atoms with Gasteiger partial charge in [-0.1, -0.05) is 0 Å². The summed E-state index contributed by atoms with van der Waals surface area (Å²) in [4.78, 5) is 28.0. The molecule has 5 nitrogen and oxygen atoms in total. The molecule has 1 aliphatic heterocycles. The molecule has 116 valence electrons. The molecule has 0 saturated carbocycles. The van der Waals surface area contributed by atoms with Gasteiger partial charge in [0.25, 0.3) is 0 Å². The van der Waals surface area contributed by atoms with Crippen molar-refractivity contribution in [3.8, 4) is 0 Å². The van der Waals surface area contributed by atoms with Crippen LogP contribution in [0.1, 0.15) is 17.7 Å². The van der Waals surface area contributed by atoms with Crippen LogP contribution < -0.4 is 0 Å². The van der Waals surface area contributed by atoms with E-state index in [4.69, 9.17) is 4.42 Å². The SMILES string of the molecule is CN(Cc1ccsc1)C(=O)[C@H]1CC(=O)N(Cc2ccco2)C1. The lowest BCUT2D eigenvalue weighted by Gasteiger charge is -2.20. The molecular formula is C16H18N2O3S. The van der Waals surface area contributed by atoms with E-state index in [1.807, 2.05) is 22.9 Å². The van der Waals surface area contributed by atoms with E-state index < -0.39 is 0 Å². The molecule has 1 saturated heterocycles. The Morgan fingerprint density at radius 1 is 1.50 bits per heavy atom. The average molecular weight is 318 g/mol. The van der Waals surface area contributed by atoms with Gasteiger partial charge in [0.2, 0.25) is 11.8 Å². The van der Waals surface area contributed by atoms with E-state index in [1.165, 1.54) is 0 Å². The smallest absolute Gasteiger partial charge is 0.228 e. The second kappa shape index (κ2) is 6.36. The van der Waals surface area contributed by atoms with E-state index in [-0.39, 0.29) is 24.2 Å². The van der Waals surface area contributed by atoms with Crippen molar-refractivity contribution >= 4 is 23.2 Å². The zero-order chi connectivity index (χ0) is 15.5. The molecule has 0 unspecified atom stereocenters. The predicted molar refractivity (Wildman–Crippen MR) is 83.0 cm³/mol. The molecular weight excluding hydrogens is 300 g/mol. The van der Waals surface area contributed by atoms with Crippen LogP contribution in [0, 0.1) is 5.92 Å². The highest BCUT2D eigenvalue weighted by Crippen LogP contribution is 2.22. The van der Waals surface area contributed by atoms with Crippen molar-refractivity contribution in [2.45, 2.75) is 19.5 Å². The Bertz CT molecular complexity index is 636. The number of hydrogen-bond acceptors (Lipinski definition) is 4. The lowest BCUT2D eigenvalue weighted by atomic mass is 10.1. The fourth-order valence-corrected chi connectivity index (χ4v) is 3.39. The molecule has 1 atom stereocenters. The van der Waals surface area contributed by atoms with Crippen LogP contribution in [-0.4, -0.2) is 35.2 Å². The number of amides is 2. The van der Waals surface area contributed by atoms with Gasteiger partial charge in [0.05, 0.1) is 18.7 Å². The zero-order valence-electron chi connectivity index (χ0n) is 12.4. The van der Waals surface area contributed by atoms with E-state index >= 15 is 0 Å². The number of rotatable bonds is 5. The second-order valence-corrected chi connectivity index (χ2v) is 6.36. The van der Waals surface area contributed by atoms with Gasteiger partial charge in [0.1, 0.15) is 5.76 Å². The molecule has 22 heavy (non-hydrogen) atoms. The molecule has 0 radical (unpaired) electrons. The Balaban J connectivity index is 1.58. The van der Waals surface area contributed by atoms with Gasteiger partial charge in [0, 0.05) is 26.6 Å². The Morgan fingerprint density at radius 2 is 2.36 bits per heavy atom. The van der Waals surface area contributed by atoms with Gasteiger partial charge < -0.3 is 14.2 Å². The van der Waals surface area contributed by atoms with E-state index in [0.717, 1.165) is 11.3 Å². The van der Waals surface area contributed by atoms with E-state index in [0.29, 0.717) is 19.6 Å². The van der Waals surface area contributed by atoms with Crippen LogP contribution in [0.5, 0.6) is 0 Å². The van der Waals surface area contributed by atoms with Gasteiger partial charge in [-0.3, -0.25) is 9.59 Å². The molecule has 0 spiro atoms. The van der Waals surface area contributed by atoms with Crippen molar-refractivity contribution in [3.05, 3.63) is 46.5 Å². The third-order valence-electron chi connectivity index (χ3n) is 3.87. The van der Waals surface area contributed by atoms with E-state index in [1.54, 1.807) is 40.5 Å². The molecule has 1 fully saturated rings. The van der Waals surface area contributed by atoms with Gasteiger partial charge in [-0.25, -0.2) is 0 Å². The summed E-state index contributed by atoms with van der Waals surface area (Å²) in [5.74, 6) is 0.527. The maximum absolute atomic E-state index is 12.5. The quantitative estimate of drug-likeness (QED) is 0.850. The molecule has 0 aliphatic carbocycles. The van der Waals surface area contributed by atoms with Crippen LogP contribution in [0.2, 0.25) is 0 Å².